The van der Waals surface area contributed by atoms with E-state index in [0.29, 0.717) is 42.4 Å². The van der Waals surface area contributed by atoms with Crippen molar-refractivity contribution in [1.82, 2.24) is 0 Å². The highest BCUT2D eigenvalue weighted by atomic mass is 19.4. The topological polar surface area (TPSA) is 60.7 Å². The molecule has 0 aromatic rings. The zero-order chi connectivity index (χ0) is 23.7. The van der Waals surface area contributed by atoms with Gasteiger partial charge in [0.2, 0.25) is 0 Å². The third-order valence-corrected chi connectivity index (χ3v) is 11.1. The Hall–Kier alpha value is -0.330. The second kappa shape index (κ2) is 7.84. The fourth-order valence-electron chi connectivity index (χ4n) is 9.18. The van der Waals surface area contributed by atoms with E-state index in [4.69, 9.17) is 0 Å². The SMILES string of the molecule is C[C@H](CCC(C)(O)O)[C@H]1CC[C@H]2[C@@H]3CC[C@H]4C[C@](O)(C(F)(F)F)CC[C@]4(C)[C@H]3CC[C@]12C. The molecular formula is C26H43F3O3. The maximum Gasteiger partial charge on any atom is 0.417 e. The lowest BCUT2D eigenvalue weighted by Crippen LogP contribution is -2.59. The van der Waals surface area contributed by atoms with E-state index in [1.807, 2.05) is 0 Å². The Morgan fingerprint density at radius 2 is 1.56 bits per heavy atom. The third-order valence-electron chi connectivity index (χ3n) is 11.1. The van der Waals surface area contributed by atoms with Crippen molar-refractivity contribution in [2.24, 2.45) is 46.3 Å². The lowest BCUT2D eigenvalue weighted by Gasteiger charge is -2.62. The Kier molecular flexibility index (Phi) is 6.07. The summed E-state index contributed by atoms with van der Waals surface area (Å²) in [7, 11) is 0. The molecule has 4 aliphatic carbocycles. The van der Waals surface area contributed by atoms with Gasteiger partial charge in [0.05, 0.1) is 0 Å². The van der Waals surface area contributed by atoms with Crippen molar-refractivity contribution >= 4 is 0 Å². The minimum absolute atomic E-state index is 0.0450. The second-order valence-corrected chi connectivity index (χ2v) is 12.9. The number of alkyl halides is 3. The van der Waals surface area contributed by atoms with E-state index in [1.165, 1.54) is 19.8 Å². The number of hydrogen-bond acceptors (Lipinski definition) is 3. The first-order chi connectivity index (χ1) is 14.6. The molecule has 3 N–H and O–H groups in total. The Balaban J connectivity index is 1.49. The van der Waals surface area contributed by atoms with E-state index in [0.717, 1.165) is 32.1 Å². The fraction of sp³-hybridized carbons (Fsp3) is 1.00. The van der Waals surface area contributed by atoms with Gasteiger partial charge in [0, 0.05) is 6.42 Å². The number of aliphatic hydroxyl groups is 3. The normalized spacial score (nSPS) is 48.0. The van der Waals surface area contributed by atoms with Gasteiger partial charge in [0.25, 0.3) is 0 Å². The molecule has 0 aliphatic heterocycles. The first-order valence-electron chi connectivity index (χ1n) is 12.8. The van der Waals surface area contributed by atoms with Gasteiger partial charge in [-0.05, 0) is 117 Å². The largest absolute Gasteiger partial charge is 0.417 e. The summed E-state index contributed by atoms with van der Waals surface area (Å²) in [4.78, 5) is 0. The van der Waals surface area contributed by atoms with Crippen molar-refractivity contribution in [3.8, 4) is 0 Å². The fourth-order valence-corrected chi connectivity index (χ4v) is 9.18. The molecule has 6 heteroatoms. The maximum atomic E-state index is 13.5. The monoisotopic (exact) mass is 460 g/mol. The van der Waals surface area contributed by atoms with E-state index >= 15 is 0 Å². The average molecular weight is 461 g/mol. The van der Waals surface area contributed by atoms with E-state index in [-0.39, 0.29) is 29.6 Å². The quantitative estimate of drug-likeness (QED) is 0.447. The molecular weight excluding hydrogens is 417 g/mol. The van der Waals surface area contributed by atoms with Crippen LogP contribution in [0, 0.1) is 46.3 Å². The third kappa shape index (κ3) is 3.94. The molecule has 0 spiro atoms. The van der Waals surface area contributed by atoms with Crippen LogP contribution in [-0.4, -0.2) is 32.9 Å². The van der Waals surface area contributed by atoms with Gasteiger partial charge in [0.1, 0.15) is 0 Å². The van der Waals surface area contributed by atoms with Crippen LogP contribution in [0.5, 0.6) is 0 Å². The highest BCUT2D eigenvalue weighted by molar-refractivity contribution is 5.11. The molecule has 32 heavy (non-hydrogen) atoms. The van der Waals surface area contributed by atoms with Crippen molar-refractivity contribution in [2.45, 2.75) is 116 Å². The van der Waals surface area contributed by atoms with E-state index in [2.05, 4.69) is 20.8 Å². The lowest BCUT2D eigenvalue weighted by atomic mass is 9.43. The molecule has 0 aromatic carbocycles. The molecule has 4 aliphatic rings. The summed E-state index contributed by atoms with van der Waals surface area (Å²) in [5, 5.41) is 29.9. The minimum atomic E-state index is -4.54. The molecule has 0 radical (unpaired) electrons. The molecule has 0 aromatic heterocycles. The van der Waals surface area contributed by atoms with Crippen LogP contribution in [0.2, 0.25) is 0 Å². The van der Waals surface area contributed by atoms with Gasteiger partial charge in [-0.25, -0.2) is 0 Å². The first-order valence-corrected chi connectivity index (χ1v) is 12.8. The van der Waals surface area contributed by atoms with Gasteiger partial charge in [-0.3, -0.25) is 0 Å². The van der Waals surface area contributed by atoms with Crippen LogP contribution in [0.25, 0.3) is 0 Å². The smallest absolute Gasteiger partial charge is 0.380 e. The van der Waals surface area contributed by atoms with Crippen LogP contribution in [0.4, 0.5) is 13.2 Å². The number of halogens is 3. The Labute approximate surface area is 191 Å². The van der Waals surface area contributed by atoms with Crippen LogP contribution < -0.4 is 0 Å². The first kappa shape index (κ1) is 24.8. The summed E-state index contributed by atoms with van der Waals surface area (Å²) in [5.74, 6) is 0.999. The molecule has 0 bridgehead atoms. The Morgan fingerprint density at radius 1 is 0.906 bits per heavy atom. The zero-order valence-electron chi connectivity index (χ0n) is 20.2. The van der Waals surface area contributed by atoms with Gasteiger partial charge < -0.3 is 15.3 Å². The number of rotatable bonds is 4. The van der Waals surface area contributed by atoms with Crippen LogP contribution in [-0.2, 0) is 0 Å². The average Bonchev–Trinajstić information content (AvgIpc) is 3.02. The summed E-state index contributed by atoms with van der Waals surface area (Å²) < 4.78 is 40.6. The lowest BCUT2D eigenvalue weighted by molar-refractivity contribution is -0.290. The number of fused-ring (bicyclic) bond motifs is 5. The van der Waals surface area contributed by atoms with Crippen molar-refractivity contribution in [3.63, 3.8) is 0 Å². The Bertz CT molecular complexity index is 703. The van der Waals surface area contributed by atoms with Crippen LogP contribution in [0.15, 0.2) is 0 Å². The van der Waals surface area contributed by atoms with Gasteiger partial charge in [-0.1, -0.05) is 20.8 Å². The molecule has 0 heterocycles. The van der Waals surface area contributed by atoms with E-state index in [1.54, 1.807) is 0 Å². The predicted octanol–water partition coefficient (Wildman–Crippen LogP) is 6.06. The predicted molar refractivity (Wildman–Crippen MR) is 117 cm³/mol. The summed E-state index contributed by atoms with van der Waals surface area (Å²) in [6.45, 7) is 8.38. The standard InChI is InChI=1S/C26H43F3O3/c1-16(9-12-24(4,30)31)19-7-8-20-18-6-5-17-15-25(32,26(27,28)29)14-13-22(17,2)21(18)10-11-23(19,20)3/h16-21,30-32H,5-15H2,1-4H3/t16-,17+,18+,19-,20+,21+,22+,23-,25+/m1/s1. The van der Waals surface area contributed by atoms with Gasteiger partial charge in [0.15, 0.2) is 11.4 Å². The summed E-state index contributed by atoms with van der Waals surface area (Å²) in [5.41, 5.74) is -2.36. The Morgan fingerprint density at radius 3 is 2.19 bits per heavy atom. The van der Waals surface area contributed by atoms with Gasteiger partial charge >= 0.3 is 6.18 Å². The second-order valence-electron chi connectivity index (χ2n) is 12.9. The molecule has 9 atom stereocenters. The summed E-state index contributed by atoms with van der Waals surface area (Å²) in [6.07, 6.45) is 3.21. The van der Waals surface area contributed by atoms with Gasteiger partial charge in [-0.2, -0.15) is 13.2 Å². The molecule has 3 nitrogen and oxygen atoms in total. The van der Waals surface area contributed by atoms with Gasteiger partial charge in [-0.15, -0.1) is 0 Å². The molecule has 0 amide bonds. The molecule has 0 saturated heterocycles. The highest BCUT2D eigenvalue weighted by Gasteiger charge is 2.65. The highest BCUT2D eigenvalue weighted by Crippen LogP contribution is 2.69. The van der Waals surface area contributed by atoms with Crippen molar-refractivity contribution < 1.29 is 28.5 Å². The van der Waals surface area contributed by atoms with Crippen LogP contribution >= 0.6 is 0 Å². The van der Waals surface area contributed by atoms with Crippen molar-refractivity contribution in [3.05, 3.63) is 0 Å². The van der Waals surface area contributed by atoms with E-state index in [9.17, 15) is 28.5 Å². The van der Waals surface area contributed by atoms with Crippen LogP contribution in [0.1, 0.15) is 98.3 Å². The molecule has 4 saturated carbocycles. The summed E-state index contributed by atoms with van der Waals surface area (Å²) >= 11 is 0. The van der Waals surface area contributed by atoms with Crippen molar-refractivity contribution in [2.75, 3.05) is 0 Å². The van der Waals surface area contributed by atoms with E-state index < -0.39 is 17.6 Å². The minimum Gasteiger partial charge on any atom is -0.380 e. The molecule has 4 fully saturated rings. The molecule has 4 rings (SSSR count). The maximum absolute atomic E-state index is 13.5. The number of hydrogen-bond donors (Lipinski definition) is 3. The van der Waals surface area contributed by atoms with Crippen molar-refractivity contribution in [1.29, 1.82) is 0 Å². The zero-order valence-corrected chi connectivity index (χ0v) is 20.2. The van der Waals surface area contributed by atoms with Crippen LogP contribution in [0.3, 0.4) is 0 Å². The summed E-state index contributed by atoms with van der Waals surface area (Å²) in [6, 6.07) is 0. The molecule has 0 unspecified atom stereocenters. The molecule has 186 valence electrons.